The van der Waals surface area contributed by atoms with Gasteiger partial charge >= 0.3 is 0 Å². The van der Waals surface area contributed by atoms with Crippen LogP contribution in [-0.2, 0) is 0 Å². The highest BCUT2D eigenvalue weighted by atomic mass is 19.1. The second-order valence-electron chi connectivity index (χ2n) is 9.05. The van der Waals surface area contributed by atoms with Crippen LogP contribution in [0.4, 0.5) is 4.39 Å². The van der Waals surface area contributed by atoms with Gasteiger partial charge in [0, 0.05) is 39.3 Å². The normalized spacial score (nSPS) is 19.1. The lowest BCUT2D eigenvalue weighted by atomic mass is 10.1. The maximum atomic E-state index is 14.4. The van der Waals surface area contributed by atoms with Crippen LogP contribution in [0.15, 0.2) is 23.2 Å². The van der Waals surface area contributed by atoms with Crippen molar-refractivity contribution in [3.8, 4) is 5.75 Å². The number of hydrogen-bond acceptors (Lipinski definition) is 4. The molecule has 1 saturated heterocycles. The van der Waals surface area contributed by atoms with Crippen LogP contribution in [0.25, 0.3) is 0 Å². The number of piperazine rings is 1. The summed E-state index contributed by atoms with van der Waals surface area (Å²) in [6.45, 7) is 15.6. The van der Waals surface area contributed by atoms with Gasteiger partial charge in [0.15, 0.2) is 17.5 Å². The van der Waals surface area contributed by atoms with Crippen LogP contribution >= 0.6 is 0 Å². The van der Waals surface area contributed by atoms with Gasteiger partial charge in [0.1, 0.15) is 0 Å². The van der Waals surface area contributed by atoms with Crippen molar-refractivity contribution in [1.82, 2.24) is 20.4 Å². The number of ether oxygens (including phenoxy) is 1. The Morgan fingerprint density at radius 3 is 2.56 bits per heavy atom. The molecular weight excluding hydrogens is 405 g/mol. The first-order valence-corrected chi connectivity index (χ1v) is 12.5. The van der Waals surface area contributed by atoms with Crippen LogP contribution < -0.4 is 15.4 Å². The molecule has 0 bridgehead atoms. The summed E-state index contributed by atoms with van der Waals surface area (Å²) in [6, 6.07) is 5.21. The predicted molar refractivity (Wildman–Crippen MR) is 130 cm³/mol. The Morgan fingerprint density at radius 1 is 1.16 bits per heavy atom. The van der Waals surface area contributed by atoms with Crippen LogP contribution in [0.2, 0.25) is 0 Å². The third-order valence-electron chi connectivity index (χ3n) is 6.39. The number of nitrogens with one attached hydrogen (secondary N) is 2. The molecular formula is C25H42FN5O. The number of aliphatic imine (C=N–C) groups is 1. The van der Waals surface area contributed by atoms with Crippen molar-refractivity contribution in [2.24, 2.45) is 10.9 Å². The van der Waals surface area contributed by atoms with Gasteiger partial charge in [-0.1, -0.05) is 13.0 Å². The molecule has 1 aromatic carbocycles. The molecule has 1 aliphatic heterocycles. The van der Waals surface area contributed by atoms with Crippen LogP contribution in [0.3, 0.4) is 0 Å². The molecule has 180 valence electrons. The van der Waals surface area contributed by atoms with Crippen molar-refractivity contribution in [3.63, 3.8) is 0 Å². The Balaban J connectivity index is 1.41. The largest absolute Gasteiger partial charge is 0.490 e. The molecule has 1 aliphatic carbocycles. The first-order chi connectivity index (χ1) is 15.6. The lowest BCUT2D eigenvalue weighted by Gasteiger charge is -2.33. The summed E-state index contributed by atoms with van der Waals surface area (Å²) >= 11 is 0. The predicted octanol–water partition coefficient (Wildman–Crippen LogP) is 3.65. The molecule has 3 rings (SSSR count). The summed E-state index contributed by atoms with van der Waals surface area (Å²) in [7, 11) is 0. The van der Waals surface area contributed by atoms with Gasteiger partial charge < -0.3 is 25.2 Å². The zero-order valence-electron chi connectivity index (χ0n) is 20.2. The van der Waals surface area contributed by atoms with E-state index in [1.54, 1.807) is 12.1 Å². The van der Waals surface area contributed by atoms with Crippen molar-refractivity contribution < 1.29 is 9.13 Å². The van der Waals surface area contributed by atoms with Crippen LogP contribution in [0.5, 0.6) is 5.75 Å². The maximum Gasteiger partial charge on any atom is 0.191 e. The molecule has 1 heterocycles. The van der Waals surface area contributed by atoms with Crippen LogP contribution in [-0.4, -0.2) is 74.7 Å². The molecule has 1 atom stereocenters. The van der Waals surface area contributed by atoms with E-state index in [1.807, 2.05) is 13.0 Å². The molecule has 6 nitrogen and oxygen atoms in total. The second kappa shape index (κ2) is 13.0. The fourth-order valence-corrected chi connectivity index (χ4v) is 3.97. The number of halogens is 1. The Bertz CT molecular complexity index is 716. The summed E-state index contributed by atoms with van der Waals surface area (Å²) < 4.78 is 20.1. The third kappa shape index (κ3) is 8.24. The molecule has 32 heavy (non-hydrogen) atoms. The zero-order chi connectivity index (χ0) is 22.8. The van der Waals surface area contributed by atoms with E-state index in [1.165, 1.54) is 39.0 Å². The molecule has 0 amide bonds. The molecule has 2 N–H and O–H groups in total. The van der Waals surface area contributed by atoms with E-state index in [2.05, 4.69) is 34.3 Å². The van der Waals surface area contributed by atoms with Crippen molar-refractivity contribution in [3.05, 3.63) is 29.6 Å². The van der Waals surface area contributed by atoms with Crippen molar-refractivity contribution in [2.75, 3.05) is 59.0 Å². The number of rotatable bonds is 12. The molecule has 0 spiro atoms. The highest BCUT2D eigenvalue weighted by molar-refractivity contribution is 5.80. The standard InChI is InChI=1S/C25H42FN5O/c1-4-27-25(28-12-6-7-13-31-16-14-30(5-2)15-17-31)29-20(3)22-10-11-24(23(26)18-22)32-19-21-8-9-21/h10-11,18,20-21H,4-9,12-17,19H2,1-3H3,(H2,27,28,29). The molecule has 2 fully saturated rings. The van der Waals surface area contributed by atoms with Crippen LogP contribution in [0.1, 0.15) is 58.1 Å². The minimum Gasteiger partial charge on any atom is -0.490 e. The van der Waals surface area contributed by atoms with E-state index in [0.29, 0.717) is 18.3 Å². The van der Waals surface area contributed by atoms with Gasteiger partial charge in [-0.3, -0.25) is 4.99 Å². The first kappa shape index (κ1) is 24.8. The quantitative estimate of drug-likeness (QED) is 0.291. The van der Waals surface area contributed by atoms with Crippen molar-refractivity contribution in [2.45, 2.75) is 52.5 Å². The van der Waals surface area contributed by atoms with Crippen LogP contribution in [0, 0.1) is 11.7 Å². The molecule has 2 aliphatic rings. The Kier molecular flexibility index (Phi) is 10.1. The van der Waals surface area contributed by atoms with Gasteiger partial charge in [-0.2, -0.15) is 0 Å². The van der Waals surface area contributed by atoms with E-state index in [9.17, 15) is 4.39 Å². The minimum absolute atomic E-state index is 0.0466. The van der Waals surface area contributed by atoms with Gasteiger partial charge in [0.05, 0.1) is 12.6 Å². The van der Waals surface area contributed by atoms with Gasteiger partial charge in [0.25, 0.3) is 0 Å². The fraction of sp³-hybridized carbons (Fsp3) is 0.720. The van der Waals surface area contributed by atoms with Gasteiger partial charge in [-0.25, -0.2) is 4.39 Å². The Hall–Kier alpha value is -1.86. The van der Waals surface area contributed by atoms with E-state index < -0.39 is 0 Å². The monoisotopic (exact) mass is 447 g/mol. The van der Waals surface area contributed by atoms with E-state index >= 15 is 0 Å². The number of guanidine groups is 1. The van der Waals surface area contributed by atoms with E-state index in [-0.39, 0.29) is 11.9 Å². The smallest absolute Gasteiger partial charge is 0.191 e. The maximum absolute atomic E-state index is 14.4. The lowest BCUT2D eigenvalue weighted by Crippen LogP contribution is -2.46. The molecule has 0 radical (unpaired) electrons. The molecule has 0 aromatic heterocycles. The fourth-order valence-electron chi connectivity index (χ4n) is 3.97. The van der Waals surface area contributed by atoms with E-state index in [4.69, 9.17) is 9.73 Å². The summed E-state index contributed by atoms with van der Waals surface area (Å²) in [5.74, 6) is 1.45. The summed E-state index contributed by atoms with van der Waals surface area (Å²) in [6.07, 6.45) is 4.63. The minimum atomic E-state index is -0.293. The highest BCUT2D eigenvalue weighted by Gasteiger charge is 2.22. The summed E-state index contributed by atoms with van der Waals surface area (Å²) in [5, 5.41) is 6.71. The van der Waals surface area contributed by atoms with E-state index in [0.717, 1.165) is 50.5 Å². The lowest BCUT2D eigenvalue weighted by molar-refractivity contribution is 0.136. The van der Waals surface area contributed by atoms with Gasteiger partial charge in [0.2, 0.25) is 0 Å². The van der Waals surface area contributed by atoms with Gasteiger partial charge in [-0.15, -0.1) is 0 Å². The molecule has 7 heteroatoms. The number of hydrogen-bond donors (Lipinski definition) is 2. The summed E-state index contributed by atoms with van der Waals surface area (Å²) in [4.78, 5) is 9.81. The van der Waals surface area contributed by atoms with Crippen molar-refractivity contribution >= 4 is 5.96 Å². The molecule has 1 unspecified atom stereocenters. The average Bonchev–Trinajstić information content (AvgIpc) is 3.63. The number of likely N-dealkylation sites (N-methyl/N-ethyl adjacent to an activating group) is 1. The Labute approximate surface area is 193 Å². The SMILES string of the molecule is CCNC(=NCCCCN1CCN(CC)CC1)NC(C)c1ccc(OCC2CC2)c(F)c1. The topological polar surface area (TPSA) is 52.1 Å². The third-order valence-corrected chi connectivity index (χ3v) is 6.39. The number of benzene rings is 1. The second-order valence-corrected chi connectivity index (χ2v) is 9.05. The number of nitrogens with zero attached hydrogens (tertiary/aromatic N) is 3. The molecule has 1 saturated carbocycles. The molecule has 1 aromatic rings. The zero-order valence-corrected chi connectivity index (χ0v) is 20.2. The average molecular weight is 448 g/mol. The summed E-state index contributed by atoms with van der Waals surface area (Å²) in [5.41, 5.74) is 0.887. The number of unbranched alkanes of at least 4 members (excludes halogenated alkanes) is 1. The van der Waals surface area contributed by atoms with Gasteiger partial charge in [-0.05, 0) is 76.2 Å². The Morgan fingerprint density at radius 2 is 1.91 bits per heavy atom. The van der Waals surface area contributed by atoms with Crippen molar-refractivity contribution in [1.29, 1.82) is 0 Å². The first-order valence-electron chi connectivity index (χ1n) is 12.5. The highest BCUT2D eigenvalue weighted by Crippen LogP contribution is 2.30.